The fourth-order valence-corrected chi connectivity index (χ4v) is 0.713. The van der Waals surface area contributed by atoms with E-state index in [1.807, 2.05) is 0 Å². The van der Waals surface area contributed by atoms with Crippen molar-refractivity contribution in [3.05, 3.63) is 0 Å². The molecule has 5 heteroatoms. The van der Waals surface area contributed by atoms with Crippen LogP contribution in [0.2, 0.25) is 0 Å². The molecule has 1 N–H and O–H groups in total. The molecule has 3 amide bonds. The molecule has 1 heterocycles. The molecule has 0 aliphatic carbocycles. The maximum Gasteiger partial charge on any atom is 0.418 e. The summed E-state index contributed by atoms with van der Waals surface area (Å²) in [6.45, 7) is 0.644. The molecule has 0 atom stereocenters. The Morgan fingerprint density at radius 2 is 2.50 bits per heavy atom. The van der Waals surface area contributed by atoms with Crippen molar-refractivity contribution in [3.8, 4) is 0 Å². The molecule has 0 aromatic rings. The van der Waals surface area contributed by atoms with Gasteiger partial charge in [0.05, 0.1) is 6.54 Å². The number of amides is 3. The first-order valence-corrected chi connectivity index (χ1v) is 2.91. The maximum atomic E-state index is 10.7. The summed E-state index contributed by atoms with van der Waals surface area (Å²) in [6, 6.07) is -0.414. The van der Waals surface area contributed by atoms with E-state index in [1.165, 1.54) is 7.05 Å². The Hall–Kier alpha value is -1.26. The van der Waals surface area contributed by atoms with E-state index >= 15 is 0 Å². The van der Waals surface area contributed by atoms with E-state index < -0.39 is 12.1 Å². The van der Waals surface area contributed by atoms with Crippen LogP contribution in [0, 0.1) is 0 Å². The molecule has 0 bridgehead atoms. The minimum atomic E-state index is -0.570. The molecule has 0 spiro atoms. The van der Waals surface area contributed by atoms with Crippen molar-refractivity contribution >= 4 is 12.1 Å². The molecule has 0 saturated carbocycles. The number of hydrogen-bond acceptors (Lipinski definition) is 3. The topological polar surface area (TPSA) is 58.6 Å². The highest BCUT2D eigenvalue weighted by molar-refractivity contribution is 5.91. The number of carbonyl (C=O) groups is 2. The monoisotopic (exact) mass is 144 g/mol. The Balaban J connectivity index is 2.55. The van der Waals surface area contributed by atoms with Crippen molar-refractivity contribution in [2.45, 2.75) is 0 Å². The minimum Gasteiger partial charge on any atom is -0.447 e. The maximum absolute atomic E-state index is 10.7. The lowest BCUT2D eigenvalue weighted by atomic mass is 10.6. The van der Waals surface area contributed by atoms with Crippen LogP contribution < -0.4 is 5.32 Å². The Labute approximate surface area is 57.9 Å². The summed E-state index contributed by atoms with van der Waals surface area (Å²) in [5.41, 5.74) is 0. The number of hydrogen-bond donors (Lipinski definition) is 1. The first kappa shape index (κ1) is 6.85. The summed E-state index contributed by atoms with van der Waals surface area (Å²) >= 11 is 0. The van der Waals surface area contributed by atoms with Crippen LogP contribution >= 0.6 is 0 Å². The fraction of sp³-hybridized carbons (Fsp3) is 0.600. The smallest absolute Gasteiger partial charge is 0.418 e. The van der Waals surface area contributed by atoms with Crippen molar-refractivity contribution in [1.29, 1.82) is 0 Å². The second-order valence-electron chi connectivity index (χ2n) is 1.82. The van der Waals surface area contributed by atoms with Crippen LogP contribution in [0.3, 0.4) is 0 Å². The second kappa shape index (κ2) is 2.55. The van der Waals surface area contributed by atoms with Crippen molar-refractivity contribution in [1.82, 2.24) is 10.2 Å². The largest absolute Gasteiger partial charge is 0.447 e. The molecule has 1 fully saturated rings. The van der Waals surface area contributed by atoms with E-state index in [-0.39, 0.29) is 0 Å². The molecule has 0 radical (unpaired) electrons. The first-order chi connectivity index (χ1) is 4.75. The van der Waals surface area contributed by atoms with E-state index in [0.29, 0.717) is 13.2 Å². The van der Waals surface area contributed by atoms with Crippen LogP contribution in [0.5, 0.6) is 0 Å². The minimum absolute atomic E-state index is 0.298. The number of rotatable bonds is 0. The van der Waals surface area contributed by atoms with E-state index in [9.17, 15) is 9.59 Å². The van der Waals surface area contributed by atoms with E-state index in [2.05, 4.69) is 10.1 Å². The molecule has 56 valence electrons. The molecular formula is C5H8N2O3. The molecule has 1 aliphatic heterocycles. The highest BCUT2D eigenvalue weighted by atomic mass is 16.6. The van der Waals surface area contributed by atoms with Crippen molar-refractivity contribution < 1.29 is 14.3 Å². The predicted octanol–water partition coefficient (Wildman–Crippen LogP) is -0.222. The van der Waals surface area contributed by atoms with Gasteiger partial charge in [-0.3, -0.25) is 0 Å². The molecule has 5 nitrogen and oxygen atoms in total. The van der Waals surface area contributed by atoms with Crippen molar-refractivity contribution in [2.24, 2.45) is 0 Å². The molecule has 0 unspecified atom stereocenters. The lowest BCUT2D eigenvalue weighted by Crippen LogP contribution is -2.38. The van der Waals surface area contributed by atoms with Crippen LogP contribution in [0.1, 0.15) is 0 Å². The summed E-state index contributed by atoms with van der Waals surface area (Å²) in [6.07, 6.45) is -0.570. The van der Waals surface area contributed by atoms with Crippen molar-refractivity contribution in [2.75, 3.05) is 20.2 Å². The highest BCUT2D eigenvalue weighted by Crippen LogP contribution is 2.01. The summed E-state index contributed by atoms with van der Waals surface area (Å²) in [4.78, 5) is 22.4. The average Bonchev–Trinajstić information content (AvgIpc) is 2.34. The predicted molar refractivity (Wildman–Crippen MR) is 32.5 cm³/mol. The van der Waals surface area contributed by atoms with Gasteiger partial charge in [-0.25, -0.2) is 14.5 Å². The van der Waals surface area contributed by atoms with Gasteiger partial charge in [0.1, 0.15) is 6.61 Å². The van der Waals surface area contributed by atoms with Gasteiger partial charge in [0, 0.05) is 7.05 Å². The van der Waals surface area contributed by atoms with Crippen LogP contribution in [-0.4, -0.2) is 37.2 Å². The lowest BCUT2D eigenvalue weighted by Gasteiger charge is -2.07. The second-order valence-corrected chi connectivity index (χ2v) is 1.82. The number of urea groups is 1. The van der Waals surface area contributed by atoms with E-state index in [0.717, 1.165) is 4.90 Å². The van der Waals surface area contributed by atoms with Gasteiger partial charge in [-0.2, -0.15) is 0 Å². The molecular weight excluding hydrogens is 136 g/mol. The zero-order chi connectivity index (χ0) is 7.56. The zero-order valence-corrected chi connectivity index (χ0v) is 5.59. The Bertz CT molecular complexity index is 168. The SMILES string of the molecule is CNC(=O)N1CCOC1=O. The number of cyclic esters (lactones) is 1. The van der Waals surface area contributed by atoms with Gasteiger partial charge < -0.3 is 10.1 Å². The number of nitrogens with one attached hydrogen (secondary N) is 1. The number of imide groups is 1. The van der Waals surface area contributed by atoms with Gasteiger partial charge in [-0.1, -0.05) is 0 Å². The fourth-order valence-electron chi connectivity index (χ4n) is 0.713. The summed E-state index contributed by atoms with van der Waals surface area (Å²) in [7, 11) is 1.47. The van der Waals surface area contributed by atoms with Crippen LogP contribution in [0.4, 0.5) is 9.59 Å². The van der Waals surface area contributed by atoms with Gasteiger partial charge in [-0.15, -0.1) is 0 Å². The molecule has 0 aromatic carbocycles. The van der Waals surface area contributed by atoms with Gasteiger partial charge in [0.15, 0.2) is 0 Å². The lowest BCUT2D eigenvalue weighted by molar-refractivity contribution is 0.159. The van der Waals surface area contributed by atoms with Gasteiger partial charge in [-0.05, 0) is 0 Å². The molecule has 1 rings (SSSR count). The Morgan fingerprint density at radius 3 is 2.90 bits per heavy atom. The van der Waals surface area contributed by atoms with Crippen LogP contribution in [0.15, 0.2) is 0 Å². The van der Waals surface area contributed by atoms with Gasteiger partial charge >= 0.3 is 12.1 Å². The third-order valence-electron chi connectivity index (χ3n) is 1.22. The van der Waals surface area contributed by atoms with Crippen LogP contribution in [-0.2, 0) is 4.74 Å². The molecule has 0 aromatic heterocycles. The summed E-state index contributed by atoms with van der Waals surface area (Å²) in [5.74, 6) is 0. The third-order valence-corrected chi connectivity index (χ3v) is 1.22. The standard InChI is InChI=1S/C5H8N2O3/c1-6-4(8)7-2-3-10-5(7)9/h2-3H2,1H3,(H,6,8). The summed E-state index contributed by atoms with van der Waals surface area (Å²) in [5, 5.41) is 2.32. The Morgan fingerprint density at radius 1 is 1.80 bits per heavy atom. The number of ether oxygens (including phenoxy) is 1. The van der Waals surface area contributed by atoms with E-state index in [4.69, 9.17) is 0 Å². The zero-order valence-electron chi connectivity index (χ0n) is 5.59. The Kier molecular flexibility index (Phi) is 1.75. The average molecular weight is 144 g/mol. The number of carbonyl (C=O) groups excluding carboxylic acids is 2. The van der Waals surface area contributed by atoms with Crippen molar-refractivity contribution in [3.63, 3.8) is 0 Å². The molecule has 1 saturated heterocycles. The first-order valence-electron chi connectivity index (χ1n) is 2.91. The normalized spacial score (nSPS) is 16.9. The van der Waals surface area contributed by atoms with Gasteiger partial charge in [0.2, 0.25) is 0 Å². The highest BCUT2D eigenvalue weighted by Gasteiger charge is 2.27. The molecule has 1 aliphatic rings. The van der Waals surface area contributed by atoms with Gasteiger partial charge in [0.25, 0.3) is 0 Å². The third kappa shape index (κ3) is 1.02. The quantitative estimate of drug-likeness (QED) is 0.511. The number of nitrogens with zero attached hydrogens (tertiary/aromatic N) is 1. The van der Waals surface area contributed by atoms with E-state index in [1.54, 1.807) is 0 Å². The molecule has 10 heavy (non-hydrogen) atoms. The summed E-state index contributed by atoms with van der Waals surface area (Å²) < 4.78 is 4.51. The van der Waals surface area contributed by atoms with Crippen LogP contribution in [0.25, 0.3) is 0 Å².